The first-order valence-electron chi connectivity index (χ1n) is 10.2. The van der Waals surface area contributed by atoms with Gasteiger partial charge in [0.15, 0.2) is 23.0 Å². The molecule has 0 unspecified atom stereocenters. The second-order valence-corrected chi connectivity index (χ2v) is 7.70. The molecule has 0 radical (unpaired) electrons. The number of rotatable bonds is 7. The Morgan fingerprint density at radius 3 is 2.65 bits per heavy atom. The lowest BCUT2D eigenvalue weighted by Crippen LogP contribution is -2.34. The average Bonchev–Trinajstić information content (AvgIpc) is 3.26. The molecule has 1 atom stereocenters. The zero-order valence-corrected chi connectivity index (χ0v) is 18.3. The van der Waals surface area contributed by atoms with E-state index in [1.54, 1.807) is 21.3 Å². The number of nitrogens with zero attached hydrogens (tertiary/aromatic N) is 2. The van der Waals surface area contributed by atoms with Crippen LogP contribution in [0.15, 0.2) is 29.4 Å². The van der Waals surface area contributed by atoms with Gasteiger partial charge in [0.05, 0.1) is 27.0 Å². The second-order valence-electron chi connectivity index (χ2n) is 7.70. The molecule has 31 heavy (non-hydrogen) atoms. The van der Waals surface area contributed by atoms with Crippen LogP contribution >= 0.6 is 0 Å². The van der Waals surface area contributed by atoms with Crippen LogP contribution in [0.1, 0.15) is 29.2 Å². The van der Waals surface area contributed by atoms with Gasteiger partial charge < -0.3 is 28.9 Å². The van der Waals surface area contributed by atoms with E-state index in [1.165, 1.54) is 5.56 Å². The van der Waals surface area contributed by atoms with Gasteiger partial charge >= 0.3 is 0 Å². The van der Waals surface area contributed by atoms with Gasteiger partial charge in [0.2, 0.25) is 12.5 Å². The minimum absolute atomic E-state index is 0.0146. The van der Waals surface area contributed by atoms with Crippen LogP contribution in [-0.2, 0) is 12.8 Å². The molecule has 2 heterocycles. The highest BCUT2D eigenvalue weighted by atomic mass is 16.7. The van der Waals surface area contributed by atoms with Crippen molar-refractivity contribution in [1.29, 1.82) is 0 Å². The first-order chi connectivity index (χ1) is 15.1. The van der Waals surface area contributed by atoms with Crippen molar-refractivity contribution < 1.29 is 28.9 Å². The Morgan fingerprint density at radius 1 is 1.13 bits per heavy atom. The summed E-state index contributed by atoms with van der Waals surface area (Å²) >= 11 is 0. The Bertz CT molecular complexity index is 991. The highest BCUT2D eigenvalue weighted by Gasteiger charge is 2.34. The number of benzene rings is 2. The van der Waals surface area contributed by atoms with Gasteiger partial charge in [0.25, 0.3) is 0 Å². The van der Waals surface area contributed by atoms with E-state index in [2.05, 4.69) is 17.1 Å². The van der Waals surface area contributed by atoms with Gasteiger partial charge in [-0.15, -0.1) is 0 Å². The molecule has 0 fully saturated rings. The van der Waals surface area contributed by atoms with Gasteiger partial charge in [-0.3, -0.25) is 4.90 Å². The quantitative estimate of drug-likeness (QED) is 0.411. The summed E-state index contributed by atoms with van der Waals surface area (Å²) in [6.45, 7) is 1.08. The summed E-state index contributed by atoms with van der Waals surface area (Å²) in [5, 5.41) is 13.4. The number of oxime groups is 1. The van der Waals surface area contributed by atoms with Crippen molar-refractivity contribution in [3.05, 3.63) is 41.0 Å². The first kappa shape index (κ1) is 21.1. The molecule has 8 heteroatoms. The fraction of sp³-hybridized carbons (Fsp3) is 0.435. The molecule has 2 aromatic rings. The Labute approximate surface area is 181 Å². The van der Waals surface area contributed by atoms with Gasteiger partial charge in [-0.05, 0) is 42.8 Å². The second kappa shape index (κ2) is 8.93. The molecule has 2 aliphatic rings. The minimum Gasteiger partial charge on any atom is -0.493 e. The number of ether oxygens (including phenoxy) is 5. The van der Waals surface area contributed by atoms with Crippen LogP contribution in [-0.4, -0.2) is 57.5 Å². The van der Waals surface area contributed by atoms with Gasteiger partial charge in [-0.1, -0.05) is 11.2 Å². The van der Waals surface area contributed by atoms with Crippen LogP contribution in [0.4, 0.5) is 0 Å². The van der Waals surface area contributed by atoms with Crippen LogP contribution in [0.5, 0.6) is 28.7 Å². The lowest BCUT2D eigenvalue weighted by molar-refractivity contribution is 0.170. The number of hydrogen-bond donors (Lipinski definition) is 1. The number of fused-ring (bicyclic) bond motifs is 2. The van der Waals surface area contributed by atoms with E-state index in [4.69, 9.17) is 23.7 Å². The van der Waals surface area contributed by atoms with Crippen LogP contribution in [0.3, 0.4) is 0 Å². The van der Waals surface area contributed by atoms with E-state index in [-0.39, 0.29) is 12.8 Å². The first-order valence-corrected chi connectivity index (χ1v) is 10.2. The van der Waals surface area contributed by atoms with Crippen LogP contribution in [0.2, 0.25) is 0 Å². The molecular formula is C23H28N2O6. The normalized spacial score (nSPS) is 17.9. The molecule has 0 aliphatic carbocycles. The molecule has 0 bridgehead atoms. The summed E-state index contributed by atoms with van der Waals surface area (Å²) < 4.78 is 27.7. The van der Waals surface area contributed by atoms with Gasteiger partial charge in [-0.2, -0.15) is 0 Å². The van der Waals surface area contributed by atoms with Crippen molar-refractivity contribution in [3.63, 3.8) is 0 Å². The van der Waals surface area contributed by atoms with E-state index in [9.17, 15) is 5.21 Å². The molecule has 0 saturated carbocycles. The van der Waals surface area contributed by atoms with E-state index >= 15 is 0 Å². The minimum atomic E-state index is -0.0146. The predicted octanol–water partition coefficient (Wildman–Crippen LogP) is 3.43. The summed E-state index contributed by atoms with van der Waals surface area (Å²) in [6, 6.07) is 7.74. The molecule has 0 saturated heterocycles. The number of methoxy groups -OCH3 is 3. The average molecular weight is 428 g/mol. The number of likely N-dealkylation sites (N-methyl/N-ethyl adjacent to an activating group) is 1. The smallest absolute Gasteiger partial charge is 0.231 e. The van der Waals surface area contributed by atoms with Crippen molar-refractivity contribution >= 4 is 5.71 Å². The van der Waals surface area contributed by atoms with E-state index in [0.29, 0.717) is 41.6 Å². The zero-order chi connectivity index (χ0) is 22.0. The SMILES string of the molecule is COc1ccc(C/C(C[C@H]2c3c(cc4c(c3OC)OCO4)CCN2C)=N/O)cc1OC. The summed E-state index contributed by atoms with van der Waals surface area (Å²) in [7, 11) is 6.93. The van der Waals surface area contributed by atoms with Crippen LogP contribution in [0.25, 0.3) is 0 Å². The van der Waals surface area contributed by atoms with Crippen molar-refractivity contribution in [2.45, 2.75) is 25.3 Å². The third-order valence-electron chi connectivity index (χ3n) is 5.97. The molecule has 2 aliphatic heterocycles. The molecule has 1 N–H and O–H groups in total. The van der Waals surface area contributed by atoms with Crippen LogP contribution < -0.4 is 23.7 Å². The van der Waals surface area contributed by atoms with Crippen molar-refractivity contribution in [2.75, 3.05) is 41.7 Å². The monoisotopic (exact) mass is 428 g/mol. The van der Waals surface area contributed by atoms with E-state index in [0.717, 1.165) is 29.8 Å². The van der Waals surface area contributed by atoms with Crippen LogP contribution in [0, 0.1) is 0 Å². The third kappa shape index (κ3) is 3.95. The summed E-state index contributed by atoms with van der Waals surface area (Å²) in [5.74, 6) is 3.37. The lowest BCUT2D eigenvalue weighted by Gasteiger charge is -2.36. The van der Waals surface area contributed by atoms with E-state index < -0.39 is 0 Å². The molecular weight excluding hydrogens is 400 g/mol. The fourth-order valence-corrected chi connectivity index (χ4v) is 4.38. The highest BCUT2D eigenvalue weighted by molar-refractivity contribution is 5.87. The maximum atomic E-state index is 9.80. The standard InChI is InChI=1S/C23H28N2O6/c1-25-8-7-15-11-20-22(31-13-30-20)23(29-4)21(15)17(25)12-16(24-26)9-14-5-6-18(27-2)19(10-14)28-3/h5-6,10-11,17,26H,7-9,12-13H2,1-4H3/b24-16-/t17-/m0/s1. The maximum absolute atomic E-state index is 9.80. The van der Waals surface area contributed by atoms with Crippen molar-refractivity contribution in [1.82, 2.24) is 4.90 Å². The number of hydrogen-bond acceptors (Lipinski definition) is 8. The Morgan fingerprint density at radius 2 is 1.94 bits per heavy atom. The molecule has 2 aromatic carbocycles. The predicted molar refractivity (Wildman–Crippen MR) is 115 cm³/mol. The summed E-state index contributed by atoms with van der Waals surface area (Å²) in [4.78, 5) is 2.26. The largest absolute Gasteiger partial charge is 0.493 e. The van der Waals surface area contributed by atoms with E-state index in [1.807, 2.05) is 24.3 Å². The van der Waals surface area contributed by atoms with Gasteiger partial charge in [0, 0.05) is 31.0 Å². The Kier molecular flexibility index (Phi) is 6.08. The zero-order valence-electron chi connectivity index (χ0n) is 18.3. The Hall–Kier alpha value is -3.13. The van der Waals surface area contributed by atoms with Crippen molar-refractivity contribution in [3.8, 4) is 28.7 Å². The third-order valence-corrected chi connectivity index (χ3v) is 5.97. The van der Waals surface area contributed by atoms with Gasteiger partial charge in [-0.25, -0.2) is 0 Å². The highest BCUT2D eigenvalue weighted by Crippen LogP contribution is 2.50. The molecule has 166 valence electrons. The molecule has 8 nitrogen and oxygen atoms in total. The summed E-state index contributed by atoms with van der Waals surface area (Å²) in [6.07, 6.45) is 1.92. The lowest BCUT2D eigenvalue weighted by atomic mass is 9.87. The molecule has 4 rings (SSSR count). The maximum Gasteiger partial charge on any atom is 0.231 e. The topological polar surface area (TPSA) is 82.0 Å². The fourth-order valence-electron chi connectivity index (χ4n) is 4.38. The summed E-state index contributed by atoms with van der Waals surface area (Å²) in [5.41, 5.74) is 3.87. The molecule has 0 spiro atoms. The molecule has 0 aromatic heterocycles. The Balaban J connectivity index is 1.63. The molecule has 0 amide bonds. The van der Waals surface area contributed by atoms with Crippen molar-refractivity contribution in [2.24, 2.45) is 5.16 Å². The van der Waals surface area contributed by atoms with Gasteiger partial charge in [0.1, 0.15) is 0 Å².